The van der Waals surface area contributed by atoms with Gasteiger partial charge in [-0.05, 0) is 13.8 Å². The molecule has 0 saturated carbocycles. The first kappa shape index (κ1) is 26.7. The van der Waals surface area contributed by atoms with Crippen LogP contribution in [0.15, 0.2) is 0 Å². The first-order valence-electron chi connectivity index (χ1n) is 12.6. The maximum Gasteiger partial charge on any atom is 0.348 e. The third-order valence-electron chi connectivity index (χ3n) is 8.31. The fourth-order valence-corrected chi connectivity index (χ4v) is 6.51. The first-order valence-corrected chi connectivity index (χ1v) is 13.3. The summed E-state index contributed by atoms with van der Waals surface area (Å²) in [5, 5.41) is 23.0. The van der Waals surface area contributed by atoms with Crippen LogP contribution in [0.25, 0.3) is 0 Å². The van der Waals surface area contributed by atoms with Gasteiger partial charge in [-0.25, -0.2) is 19.9 Å². The molecule has 3 fully saturated rings. The summed E-state index contributed by atoms with van der Waals surface area (Å²) in [5.74, 6) is 1.43. The Labute approximate surface area is 229 Å². The van der Waals surface area contributed by atoms with Crippen LogP contribution in [-0.2, 0) is 0 Å². The van der Waals surface area contributed by atoms with Gasteiger partial charge in [-0.2, -0.15) is 0 Å². The molecule has 0 amide bonds. The van der Waals surface area contributed by atoms with E-state index in [1.54, 1.807) is 13.8 Å². The molecule has 5 rings (SSSR count). The molecular formula is C22H30Cl2N10O4+2. The van der Waals surface area contributed by atoms with Crippen LogP contribution < -0.4 is 9.80 Å². The van der Waals surface area contributed by atoms with Crippen LogP contribution in [-0.4, -0.2) is 117 Å². The SMILES string of the molecule is Cc1nc(Cl)c([N+](=O)[O-])c(N2CC[N+]3(CC2)CC[N+]2(CCN(c4nc(C)nc(Cl)c4[N+](=O)[O-])CC2)CC3)n1. The standard InChI is InChI=1S/C22H30Cl2N10O4/c1-15-25-19(23)17(31(35)36)21(27-15)29-3-7-33(8-4-29)11-13-34(14-12-33)9-5-30(6-10-34)22-18(32(37)38)20(24)26-16(2)28-22/h3-14H2,1-2H3/q+2. The normalized spacial score (nSPS) is 20.6. The van der Waals surface area contributed by atoms with Crippen molar-refractivity contribution in [3.8, 4) is 0 Å². The predicted molar refractivity (Wildman–Crippen MR) is 141 cm³/mol. The molecule has 3 aliphatic heterocycles. The van der Waals surface area contributed by atoms with Gasteiger partial charge in [0.1, 0.15) is 37.8 Å². The zero-order valence-corrected chi connectivity index (χ0v) is 22.9. The minimum atomic E-state index is -0.504. The third-order valence-corrected chi connectivity index (χ3v) is 8.84. The Hall–Kier alpha value is -2.94. The molecule has 0 aliphatic carbocycles. The van der Waals surface area contributed by atoms with Gasteiger partial charge >= 0.3 is 11.4 Å². The number of aromatic nitrogens is 4. The van der Waals surface area contributed by atoms with Crippen LogP contribution in [0, 0.1) is 34.1 Å². The average molecular weight is 569 g/mol. The van der Waals surface area contributed by atoms with Gasteiger partial charge in [-0.15, -0.1) is 0 Å². The monoisotopic (exact) mass is 568 g/mol. The van der Waals surface area contributed by atoms with E-state index in [2.05, 4.69) is 19.9 Å². The number of hydrogen-bond acceptors (Lipinski definition) is 10. The Morgan fingerprint density at radius 3 is 1.24 bits per heavy atom. The Balaban J connectivity index is 1.22. The largest absolute Gasteiger partial charge is 0.348 e. The molecule has 5 heterocycles. The Kier molecular flexibility index (Phi) is 7.00. The van der Waals surface area contributed by atoms with Gasteiger partial charge in [0.25, 0.3) is 0 Å². The second kappa shape index (κ2) is 9.98. The molecule has 16 heteroatoms. The summed E-state index contributed by atoms with van der Waals surface area (Å²) in [6.07, 6.45) is 0. The Morgan fingerprint density at radius 1 is 0.632 bits per heavy atom. The van der Waals surface area contributed by atoms with Gasteiger partial charge in [-0.3, -0.25) is 20.2 Å². The second-order valence-corrected chi connectivity index (χ2v) is 11.1. The summed E-state index contributed by atoms with van der Waals surface area (Å²) in [6.45, 7) is 13.7. The highest BCUT2D eigenvalue weighted by Crippen LogP contribution is 2.36. The van der Waals surface area contributed by atoms with E-state index in [0.29, 0.717) is 49.5 Å². The maximum atomic E-state index is 11.6. The van der Waals surface area contributed by atoms with Crippen LogP contribution >= 0.6 is 23.2 Å². The number of anilines is 2. The van der Waals surface area contributed by atoms with Gasteiger partial charge in [-0.1, -0.05) is 23.2 Å². The summed E-state index contributed by atoms with van der Waals surface area (Å²) in [4.78, 5) is 42.8. The number of aryl methyl sites for hydroxylation is 2. The van der Waals surface area contributed by atoms with Gasteiger partial charge in [0, 0.05) is 0 Å². The molecule has 0 radical (unpaired) electrons. The van der Waals surface area contributed by atoms with Crippen molar-refractivity contribution >= 4 is 46.2 Å². The van der Waals surface area contributed by atoms with E-state index in [0.717, 1.165) is 61.3 Å². The van der Waals surface area contributed by atoms with Crippen LogP contribution in [0.2, 0.25) is 10.3 Å². The van der Waals surface area contributed by atoms with Crippen molar-refractivity contribution in [3.05, 3.63) is 42.2 Å². The molecule has 0 aromatic carbocycles. The summed E-state index contributed by atoms with van der Waals surface area (Å²) in [5.41, 5.74) is -0.459. The van der Waals surface area contributed by atoms with Crippen molar-refractivity contribution in [1.29, 1.82) is 0 Å². The van der Waals surface area contributed by atoms with E-state index in [1.807, 2.05) is 9.80 Å². The quantitative estimate of drug-likeness (QED) is 0.232. The van der Waals surface area contributed by atoms with Crippen molar-refractivity contribution in [2.75, 3.05) is 88.3 Å². The minimum Gasteiger partial charge on any atom is -0.339 e. The minimum absolute atomic E-state index is 0.125. The highest BCUT2D eigenvalue weighted by atomic mass is 35.5. The second-order valence-electron chi connectivity index (χ2n) is 10.4. The summed E-state index contributed by atoms with van der Waals surface area (Å²) in [7, 11) is 0. The summed E-state index contributed by atoms with van der Waals surface area (Å²) in [6, 6.07) is 0. The van der Waals surface area contributed by atoms with Crippen molar-refractivity contribution in [2.45, 2.75) is 13.8 Å². The van der Waals surface area contributed by atoms with Gasteiger partial charge < -0.3 is 18.8 Å². The van der Waals surface area contributed by atoms with E-state index in [4.69, 9.17) is 23.2 Å². The summed E-state index contributed by atoms with van der Waals surface area (Å²) >= 11 is 12.2. The van der Waals surface area contributed by atoms with Crippen molar-refractivity contribution in [2.24, 2.45) is 0 Å². The van der Waals surface area contributed by atoms with Crippen molar-refractivity contribution in [1.82, 2.24) is 19.9 Å². The molecule has 2 spiro atoms. The lowest BCUT2D eigenvalue weighted by molar-refractivity contribution is -1.03. The molecule has 0 unspecified atom stereocenters. The zero-order chi connectivity index (χ0) is 27.2. The predicted octanol–water partition coefficient (Wildman–Crippen LogP) is 1.99. The first-order chi connectivity index (χ1) is 18.0. The zero-order valence-electron chi connectivity index (χ0n) is 21.3. The smallest absolute Gasteiger partial charge is 0.339 e. The average Bonchev–Trinajstić information content (AvgIpc) is 2.85. The molecular weight excluding hydrogens is 539 g/mol. The highest BCUT2D eigenvalue weighted by Gasteiger charge is 2.46. The lowest BCUT2D eigenvalue weighted by atomic mass is 10.1. The number of halogens is 2. The number of quaternary nitrogens is 2. The molecule has 2 aromatic heterocycles. The third kappa shape index (κ3) is 4.93. The van der Waals surface area contributed by atoms with E-state index >= 15 is 0 Å². The fourth-order valence-electron chi connectivity index (χ4n) is 5.96. The van der Waals surface area contributed by atoms with E-state index in [-0.39, 0.29) is 21.7 Å². The molecule has 0 N–H and O–H groups in total. The molecule has 0 atom stereocenters. The van der Waals surface area contributed by atoms with Crippen molar-refractivity contribution in [3.63, 3.8) is 0 Å². The number of piperazine rings is 3. The number of nitro groups is 2. The lowest BCUT2D eigenvalue weighted by Crippen LogP contribution is -2.73. The molecule has 2 aromatic rings. The highest BCUT2D eigenvalue weighted by molar-refractivity contribution is 6.32. The molecule has 204 valence electrons. The number of hydrogen-bond donors (Lipinski definition) is 0. The molecule has 14 nitrogen and oxygen atoms in total. The number of nitrogens with zero attached hydrogens (tertiary/aromatic N) is 10. The van der Waals surface area contributed by atoms with Crippen LogP contribution in [0.5, 0.6) is 0 Å². The van der Waals surface area contributed by atoms with Gasteiger partial charge in [0.05, 0.1) is 62.2 Å². The summed E-state index contributed by atoms with van der Waals surface area (Å²) < 4.78 is 1.97. The molecule has 0 bridgehead atoms. The molecule has 3 saturated heterocycles. The molecule has 3 aliphatic rings. The van der Waals surface area contributed by atoms with Crippen molar-refractivity contribution < 1.29 is 18.8 Å². The molecule has 38 heavy (non-hydrogen) atoms. The maximum absolute atomic E-state index is 11.6. The van der Waals surface area contributed by atoms with Crippen LogP contribution in [0.3, 0.4) is 0 Å². The van der Waals surface area contributed by atoms with Gasteiger partial charge in [0.2, 0.25) is 21.9 Å². The number of rotatable bonds is 4. The van der Waals surface area contributed by atoms with E-state index in [1.165, 1.54) is 0 Å². The topological polar surface area (TPSA) is 144 Å². The Bertz CT molecular complexity index is 1170. The van der Waals surface area contributed by atoms with Crippen LogP contribution in [0.1, 0.15) is 11.6 Å². The fraction of sp³-hybridized carbons (Fsp3) is 0.636. The Morgan fingerprint density at radius 2 is 0.947 bits per heavy atom. The van der Waals surface area contributed by atoms with E-state index < -0.39 is 9.85 Å². The lowest BCUT2D eigenvalue weighted by Gasteiger charge is -2.54. The van der Waals surface area contributed by atoms with E-state index in [9.17, 15) is 20.2 Å². The van der Waals surface area contributed by atoms with Crippen LogP contribution in [0.4, 0.5) is 23.0 Å². The van der Waals surface area contributed by atoms with Gasteiger partial charge in [0.15, 0.2) is 0 Å².